The molecule has 1 spiro atoms. The van der Waals surface area contributed by atoms with E-state index in [-0.39, 0.29) is 29.5 Å². The third-order valence-corrected chi connectivity index (χ3v) is 9.16. The van der Waals surface area contributed by atoms with Gasteiger partial charge in [0.25, 0.3) is 0 Å². The standard InChI is InChI=1S/C34H47N3O3/c1-25(2)28-13-9-10-14-29(28)30-23-35(18-15-26-11-7-6-8-12-26)24-31(38)37(30)27-21-34(22-27)16-19-36(20-17-34)32(39)40-33(3,4)5/h6-14,25,27,30H,15-24H2,1-5H3. The Kier molecular flexibility index (Phi) is 8.28. The molecule has 3 fully saturated rings. The molecule has 0 radical (unpaired) electrons. The van der Waals surface area contributed by atoms with E-state index in [9.17, 15) is 9.59 Å². The molecule has 2 heterocycles. The van der Waals surface area contributed by atoms with Crippen molar-refractivity contribution < 1.29 is 14.3 Å². The quantitative estimate of drug-likeness (QED) is 0.421. The van der Waals surface area contributed by atoms with Gasteiger partial charge in [-0.15, -0.1) is 0 Å². The number of benzene rings is 2. The van der Waals surface area contributed by atoms with Crippen LogP contribution in [-0.2, 0) is 16.0 Å². The number of rotatable bonds is 6. The summed E-state index contributed by atoms with van der Waals surface area (Å²) in [5, 5.41) is 0. The number of amides is 2. The summed E-state index contributed by atoms with van der Waals surface area (Å²) in [6.07, 6.45) is 4.79. The lowest BCUT2D eigenvalue weighted by Crippen LogP contribution is -2.62. The average molecular weight is 546 g/mol. The van der Waals surface area contributed by atoms with E-state index in [0.717, 1.165) is 58.3 Å². The van der Waals surface area contributed by atoms with Crippen LogP contribution in [0.4, 0.5) is 4.79 Å². The minimum Gasteiger partial charge on any atom is -0.444 e. The molecule has 2 amide bonds. The molecule has 5 rings (SSSR count). The molecule has 2 aromatic carbocycles. The van der Waals surface area contributed by atoms with Crippen molar-refractivity contribution in [2.24, 2.45) is 5.41 Å². The monoisotopic (exact) mass is 545 g/mol. The molecule has 2 saturated heterocycles. The minimum atomic E-state index is -0.474. The number of ether oxygens (including phenoxy) is 1. The van der Waals surface area contributed by atoms with Gasteiger partial charge in [-0.25, -0.2) is 4.79 Å². The lowest BCUT2D eigenvalue weighted by atomic mass is 9.59. The second-order valence-electron chi connectivity index (χ2n) is 13.6. The maximum Gasteiger partial charge on any atom is 0.410 e. The van der Waals surface area contributed by atoms with Crippen LogP contribution in [0.3, 0.4) is 0 Å². The summed E-state index contributed by atoms with van der Waals surface area (Å²) >= 11 is 0. The SMILES string of the molecule is CC(C)c1ccccc1C1CN(CCc2ccccc2)CC(=O)N1C1CC2(CCN(C(=O)OC(C)(C)C)CC2)C1. The highest BCUT2D eigenvalue weighted by molar-refractivity contribution is 5.80. The fraction of sp³-hybridized carbons (Fsp3) is 0.588. The van der Waals surface area contributed by atoms with Gasteiger partial charge in [-0.3, -0.25) is 9.69 Å². The van der Waals surface area contributed by atoms with E-state index in [2.05, 4.69) is 78.2 Å². The molecule has 3 aliphatic rings. The van der Waals surface area contributed by atoms with Crippen molar-refractivity contribution in [1.29, 1.82) is 0 Å². The van der Waals surface area contributed by atoms with Gasteiger partial charge in [0.05, 0.1) is 12.6 Å². The van der Waals surface area contributed by atoms with E-state index in [0.29, 0.717) is 12.5 Å². The molecule has 0 aromatic heterocycles. The van der Waals surface area contributed by atoms with Gasteiger partial charge in [-0.2, -0.15) is 0 Å². The highest BCUT2D eigenvalue weighted by Gasteiger charge is 2.52. The largest absolute Gasteiger partial charge is 0.444 e. The van der Waals surface area contributed by atoms with Crippen molar-refractivity contribution in [1.82, 2.24) is 14.7 Å². The third kappa shape index (κ3) is 6.38. The number of likely N-dealkylation sites (tertiary alicyclic amines) is 1. The van der Waals surface area contributed by atoms with Crippen molar-refractivity contribution in [2.45, 2.75) is 90.3 Å². The zero-order chi connectivity index (χ0) is 28.5. The average Bonchev–Trinajstić information content (AvgIpc) is 2.90. The molecule has 1 aliphatic carbocycles. The number of carbonyl (C=O) groups is 2. The molecule has 0 bridgehead atoms. The van der Waals surface area contributed by atoms with Crippen molar-refractivity contribution in [3.63, 3.8) is 0 Å². The van der Waals surface area contributed by atoms with E-state index in [1.807, 2.05) is 25.7 Å². The van der Waals surface area contributed by atoms with Crippen LogP contribution >= 0.6 is 0 Å². The molecule has 0 N–H and O–H groups in total. The molecule has 2 aromatic rings. The first-order valence-corrected chi connectivity index (χ1v) is 15.2. The number of hydrogen-bond acceptors (Lipinski definition) is 4. The van der Waals surface area contributed by atoms with Crippen LogP contribution < -0.4 is 0 Å². The van der Waals surface area contributed by atoms with Crippen molar-refractivity contribution in [2.75, 3.05) is 32.7 Å². The first-order valence-electron chi connectivity index (χ1n) is 15.2. The van der Waals surface area contributed by atoms with Crippen molar-refractivity contribution >= 4 is 12.0 Å². The number of hydrogen-bond donors (Lipinski definition) is 0. The van der Waals surface area contributed by atoms with Crippen LogP contribution in [0, 0.1) is 5.41 Å². The van der Waals surface area contributed by atoms with E-state index in [1.54, 1.807) is 0 Å². The first kappa shape index (κ1) is 28.7. The molecule has 1 atom stereocenters. The highest BCUT2D eigenvalue weighted by Crippen LogP contribution is 2.53. The van der Waals surface area contributed by atoms with Gasteiger partial charge in [0.1, 0.15) is 5.60 Å². The van der Waals surface area contributed by atoms with Crippen LogP contribution in [0.2, 0.25) is 0 Å². The van der Waals surface area contributed by atoms with E-state index >= 15 is 0 Å². The molecule has 1 saturated carbocycles. The van der Waals surface area contributed by atoms with Crippen molar-refractivity contribution in [3.05, 3.63) is 71.3 Å². The van der Waals surface area contributed by atoms with Gasteiger partial charge in [-0.1, -0.05) is 68.4 Å². The lowest BCUT2D eigenvalue weighted by Gasteiger charge is -2.58. The number of carbonyl (C=O) groups excluding carboxylic acids is 2. The van der Waals surface area contributed by atoms with E-state index < -0.39 is 5.60 Å². The van der Waals surface area contributed by atoms with Gasteiger partial charge < -0.3 is 14.5 Å². The van der Waals surface area contributed by atoms with Crippen LogP contribution in [0.1, 0.15) is 89.0 Å². The molecule has 216 valence electrons. The summed E-state index contributed by atoms with van der Waals surface area (Å²) in [7, 11) is 0. The van der Waals surface area contributed by atoms with Gasteiger partial charge in [0, 0.05) is 32.2 Å². The Hall–Kier alpha value is -2.86. The summed E-state index contributed by atoms with van der Waals surface area (Å²) in [6.45, 7) is 14.0. The van der Waals surface area contributed by atoms with Gasteiger partial charge in [0.15, 0.2) is 0 Å². The maximum absolute atomic E-state index is 13.9. The fourth-order valence-corrected chi connectivity index (χ4v) is 7.03. The van der Waals surface area contributed by atoms with Crippen LogP contribution in [0.15, 0.2) is 54.6 Å². The summed E-state index contributed by atoms with van der Waals surface area (Å²) < 4.78 is 5.61. The summed E-state index contributed by atoms with van der Waals surface area (Å²) in [4.78, 5) is 33.0. The molecule has 40 heavy (non-hydrogen) atoms. The zero-order valence-electron chi connectivity index (χ0n) is 25.1. The zero-order valence-corrected chi connectivity index (χ0v) is 25.1. The molecule has 6 nitrogen and oxygen atoms in total. The third-order valence-electron chi connectivity index (χ3n) is 9.16. The van der Waals surface area contributed by atoms with Crippen LogP contribution in [-0.4, -0.2) is 71.1 Å². The second kappa shape index (κ2) is 11.6. The molecular weight excluding hydrogens is 498 g/mol. The van der Waals surface area contributed by atoms with Gasteiger partial charge in [-0.05, 0) is 80.9 Å². The van der Waals surface area contributed by atoms with Gasteiger partial charge in [0.2, 0.25) is 5.91 Å². The Morgan fingerprint density at radius 1 is 1.00 bits per heavy atom. The summed E-state index contributed by atoms with van der Waals surface area (Å²) in [5.41, 5.74) is 3.72. The van der Waals surface area contributed by atoms with Gasteiger partial charge >= 0.3 is 6.09 Å². The van der Waals surface area contributed by atoms with Crippen LogP contribution in [0.25, 0.3) is 0 Å². The first-order chi connectivity index (χ1) is 19.0. The summed E-state index contributed by atoms with van der Waals surface area (Å²) in [6, 6.07) is 19.6. The number of piperidine rings is 1. The number of piperazine rings is 1. The minimum absolute atomic E-state index is 0.0693. The molecule has 6 heteroatoms. The topological polar surface area (TPSA) is 53.1 Å². The predicted molar refractivity (Wildman–Crippen MR) is 159 cm³/mol. The Labute approximate surface area is 240 Å². The molecular formula is C34H47N3O3. The smallest absolute Gasteiger partial charge is 0.410 e. The Bertz CT molecular complexity index is 1170. The Balaban J connectivity index is 1.29. The van der Waals surface area contributed by atoms with E-state index in [1.165, 1.54) is 16.7 Å². The fourth-order valence-electron chi connectivity index (χ4n) is 7.03. The predicted octanol–water partition coefficient (Wildman–Crippen LogP) is 6.42. The highest BCUT2D eigenvalue weighted by atomic mass is 16.6. The van der Waals surface area contributed by atoms with Crippen LogP contribution in [0.5, 0.6) is 0 Å². The number of nitrogens with zero attached hydrogens (tertiary/aromatic N) is 3. The Morgan fingerprint density at radius 2 is 1.65 bits per heavy atom. The lowest BCUT2D eigenvalue weighted by molar-refractivity contribution is -0.153. The summed E-state index contributed by atoms with van der Waals surface area (Å²) in [5.74, 6) is 0.659. The maximum atomic E-state index is 13.9. The second-order valence-corrected chi connectivity index (χ2v) is 13.6. The molecule has 1 unspecified atom stereocenters. The van der Waals surface area contributed by atoms with E-state index in [4.69, 9.17) is 4.74 Å². The molecule has 2 aliphatic heterocycles. The Morgan fingerprint density at radius 3 is 2.30 bits per heavy atom. The normalized spacial score (nSPS) is 22.1. The van der Waals surface area contributed by atoms with Crippen molar-refractivity contribution in [3.8, 4) is 0 Å².